The molecule has 0 bridgehead atoms. The number of thiazole rings is 1. The fourth-order valence-electron chi connectivity index (χ4n) is 3.36. The Kier molecular flexibility index (Phi) is 4.74. The van der Waals surface area contributed by atoms with E-state index in [0.29, 0.717) is 15.8 Å². The highest BCUT2D eigenvalue weighted by Gasteiger charge is 2.38. The van der Waals surface area contributed by atoms with Gasteiger partial charge in [-0.3, -0.25) is 19.7 Å². The normalized spacial score (nSPS) is 13.0. The summed E-state index contributed by atoms with van der Waals surface area (Å²) in [7, 11) is 0. The third-order valence-corrected chi connectivity index (χ3v) is 6.30. The molecule has 0 radical (unpaired) electrons. The minimum Gasteiger partial charge on any atom is -0.298 e. The number of amides is 3. The molecule has 0 aliphatic carbocycles. The van der Waals surface area contributed by atoms with Gasteiger partial charge in [-0.05, 0) is 48.5 Å². The van der Waals surface area contributed by atoms with Crippen LogP contribution in [0.1, 0.15) is 31.1 Å². The first-order valence-electron chi connectivity index (χ1n) is 9.07. The van der Waals surface area contributed by atoms with E-state index in [-0.39, 0.29) is 21.7 Å². The molecule has 3 aromatic carbocycles. The first-order chi connectivity index (χ1) is 14.9. The van der Waals surface area contributed by atoms with Gasteiger partial charge in [0, 0.05) is 10.6 Å². The number of hydrogen-bond donors (Lipinski definition) is 1. The van der Waals surface area contributed by atoms with Crippen LogP contribution in [0.15, 0.2) is 60.7 Å². The number of imide groups is 1. The number of anilines is 2. The summed E-state index contributed by atoms with van der Waals surface area (Å²) in [5.41, 5.74) is 1.62. The van der Waals surface area contributed by atoms with Gasteiger partial charge in [-0.1, -0.05) is 46.7 Å². The summed E-state index contributed by atoms with van der Waals surface area (Å²) >= 11 is 13.5. The Labute approximate surface area is 190 Å². The van der Waals surface area contributed by atoms with Crippen LogP contribution in [0.5, 0.6) is 0 Å². The van der Waals surface area contributed by atoms with Crippen LogP contribution in [-0.4, -0.2) is 22.7 Å². The van der Waals surface area contributed by atoms with E-state index in [9.17, 15) is 14.4 Å². The van der Waals surface area contributed by atoms with E-state index in [0.717, 1.165) is 15.1 Å². The topological polar surface area (TPSA) is 79.4 Å². The van der Waals surface area contributed by atoms with Crippen molar-refractivity contribution in [1.82, 2.24) is 4.98 Å². The smallest absolute Gasteiger partial charge is 0.266 e. The second-order valence-electron chi connectivity index (χ2n) is 6.74. The number of carbonyl (C=O) groups is 3. The van der Waals surface area contributed by atoms with Crippen LogP contribution in [0.4, 0.5) is 10.8 Å². The van der Waals surface area contributed by atoms with E-state index >= 15 is 0 Å². The summed E-state index contributed by atoms with van der Waals surface area (Å²) in [5, 5.41) is 4.00. The predicted octanol–water partition coefficient (Wildman–Crippen LogP) is 5.66. The van der Waals surface area contributed by atoms with Crippen LogP contribution in [0.25, 0.3) is 10.2 Å². The van der Waals surface area contributed by atoms with Gasteiger partial charge < -0.3 is 0 Å². The van der Waals surface area contributed by atoms with Crippen LogP contribution in [-0.2, 0) is 0 Å². The van der Waals surface area contributed by atoms with Crippen LogP contribution < -0.4 is 10.2 Å². The van der Waals surface area contributed by atoms with Crippen molar-refractivity contribution in [3.05, 3.63) is 87.4 Å². The summed E-state index contributed by atoms with van der Waals surface area (Å²) in [6, 6.07) is 16.2. The number of nitrogens with one attached hydrogen (secondary N) is 1. The Balaban J connectivity index is 1.44. The van der Waals surface area contributed by atoms with Gasteiger partial charge in [0.05, 0.1) is 32.1 Å². The Morgan fingerprint density at radius 1 is 0.935 bits per heavy atom. The quantitative estimate of drug-likeness (QED) is 0.394. The molecule has 2 heterocycles. The number of para-hydroxylation sites is 1. The molecule has 0 spiro atoms. The van der Waals surface area contributed by atoms with Gasteiger partial charge in [0.25, 0.3) is 17.7 Å². The number of aromatic nitrogens is 1. The maximum absolute atomic E-state index is 12.9. The van der Waals surface area contributed by atoms with Crippen molar-refractivity contribution >= 4 is 73.3 Å². The molecule has 152 valence electrons. The zero-order chi connectivity index (χ0) is 21.7. The molecular weight excluding hydrogens is 457 g/mol. The number of hydrogen-bond acceptors (Lipinski definition) is 5. The second kappa shape index (κ2) is 7.46. The summed E-state index contributed by atoms with van der Waals surface area (Å²) in [6.07, 6.45) is 0. The maximum atomic E-state index is 12.9. The summed E-state index contributed by atoms with van der Waals surface area (Å²) < 4.78 is 0.841. The SMILES string of the molecule is O=C(Nc1nc2ccc(Cl)cc2s1)c1ccc2c(c1)C(=O)N(c1ccccc1Cl)C2=O. The van der Waals surface area contributed by atoms with Crippen molar-refractivity contribution in [2.45, 2.75) is 0 Å². The second-order valence-corrected chi connectivity index (χ2v) is 8.62. The van der Waals surface area contributed by atoms with Gasteiger partial charge in [-0.2, -0.15) is 0 Å². The number of carbonyl (C=O) groups excluding carboxylic acids is 3. The van der Waals surface area contributed by atoms with E-state index in [2.05, 4.69) is 10.3 Å². The van der Waals surface area contributed by atoms with Crippen LogP contribution in [0.3, 0.4) is 0 Å². The highest BCUT2D eigenvalue weighted by atomic mass is 35.5. The van der Waals surface area contributed by atoms with E-state index in [4.69, 9.17) is 23.2 Å². The third kappa shape index (κ3) is 3.37. The molecule has 0 saturated carbocycles. The van der Waals surface area contributed by atoms with Crippen molar-refractivity contribution in [3.63, 3.8) is 0 Å². The molecular formula is C22H11Cl2N3O3S. The Morgan fingerprint density at radius 2 is 1.71 bits per heavy atom. The van der Waals surface area contributed by atoms with Gasteiger partial charge in [0.15, 0.2) is 5.13 Å². The molecule has 0 saturated heterocycles. The van der Waals surface area contributed by atoms with Crippen LogP contribution in [0, 0.1) is 0 Å². The lowest BCUT2D eigenvalue weighted by Crippen LogP contribution is -2.29. The highest BCUT2D eigenvalue weighted by Crippen LogP contribution is 2.34. The van der Waals surface area contributed by atoms with E-state index in [1.54, 1.807) is 42.5 Å². The molecule has 1 aliphatic rings. The van der Waals surface area contributed by atoms with Crippen molar-refractivity contribution in [3.8, 4) is 0 Å². The van der Waals surface area contributed by atoms with Gasteiger partial charge in [0.2, 0.25) is 0 Å². The number of nitrogens with zero attached hydrogens (tertiary/aromatic N) is 2. The van der Waals surface area contributed by atoms with Crippen molar-refractivity contribution in [2.75, 3.05) is 10.2 Å². The maximum Gasteiger partial charge on any atom is 0.266 e. The van der Waals surface area contributed by atoms with Crippen molar-refractivity contribution < 1.29 is 14.4 Å². The van der Waals surface area contributed by atoms with Crippen LogP contribution in [0.2, 0.25) is 10.0 Å². The minimum atomic E-state index is -0.530. The van der Waals surface area contributed by atoms with Gasteiger partial charge in [-0.15, -0.1) is 0 Å². The van der Waals surface area contributed by atoms with Crippen molar-refractivity contribution in [1.29, 1.82) is 0 Å². The van der Waals surface area contributed by atoms with Gasteiger partial charge >= 0.3 is 0 Å². The lowest BCUT2D eigenvalue weighted by molar-refractivity contribution is 0.0925. The molecule has 6 nitrogen and oxygen atoms in total. The molecule has 3 amide bonds. The van der Waals surface area contributed by atoms with Crippen molar-refractivity contribution in [2.24, 2.45) is 0 Å². The zero-order valence-corrected chi connectivity index (χ0v) is 17.9. The highest BCUT2D eigenvalue weighted by molar-refractivity contribution is 7.22. The fourth-order valence-corrected chi connectivity index (χ4v) is 4.71. The lowest BCUT2D eigenvalue weighted by Gasteiger charge is -2.15. The summed E-state index contributed by atoms with van der Waals surface area (Å²) in [5.74, 6) is -1.45. The number of rotatable bonds is 3. The number of halogens is 2. The van der Waals surface area contributed by atoms with Gasteiger partial charge in [-0.25, -0.2) is 9.88 Å². The Hall–Kier alpha value is -3.26. The largest absolute Gasteiger partial charge is 0.298 e. The molecule has 4 aromatic rings. The molecule has 9 heteroatoms. The minimum absolute atomic E-state index is 0.147. The molecule has 0 atom stereocenters. The summed E-state index contributed by atoms with van der Waals surface area (Å²) in [6.45, 7) is 0. The average Bonchev–Trinajstić information content (AvgIpc) is 3.26. The Morgan fingerprint density at radius 3 is 2.52 bits per heavy atom. The molecule has 0 fully saturated rings. The standard InChI is InChI=1S/C22H11Cl2N3O3S/c23-12-6-8-16-18(10-12)31-22(25-16)26-19(28)11-5-7-13-14(9-11)21(30)27(20(13)29)17-4-2-1-3-15(17)24/h1-10H,(H,25,26,28). The zero-order valence-electron chi connectivity index (χ0n) is 15.6. The first-order valence-corrected chi connectivity index (χ1v) is 10.6. The molecule has 31 heavy (non-hydrogen) atoms. The lowest BCUT2D eigenvalue weighted by atomic mass is 10.1. The van der Waals surface area contributed by atoms with Crippen LogP contribution >= 0.6 is 34.5 Å². The summed E-state index contributed by atoms with van der Waals surface area (Å²) in [4.78, 5) is 43.9. The molecule has 5 rings (SSSR count). The van der Waals surface area contributed by atoms with E-state index in [1.807, 2.05) is 0 Å². The number of fused-ring (bicyclic) bond motifs is 2. The first kappa shape index (κ1) is 19.7. The predicted molar refractivity (Wildman–Crippen MR) is 122 cm³/mol. The Bertz CT molecular complexity index is 1420. The molecule has 1 N–H and O–H groups in total. The van der Waals surface area contributed by atoms with E-state index < -0.39 is 17.7 Å². The number of benzene rings is 3. The van der Waals surface area contributed by atoms with E-state index in [1.165, 1.54) is 29.5 Å². The third-order valence-electron chi connectivity index (χ3n) is 4.81. The molecule has 0 unspecified atom stereocenters. The monoisotopic (exact) mass is 467 g/mol. The molecule has 1 aliphatic heterocycles. The van der Waals surface area contributed by atoms with Gasteiger partial charge in [0.1, 0.15) is 0 Å². The average molecular weight is 468 g/mol. The fraction of sp³-hybridized carbons (Fsp3) is 0. The molecule has 1 aromatic heterocycles.